The molecule has 0 aliphatic heterocycles. The summed E-state index contributed by atoms with van der Waals surface area (Å²) >= 11 is 0. The van der Waals surface area contributed by atoms with Gasteiger partial charge in [-0.3, -0.25) is 4.90 Å². The van der Waals surface area contributed by atoms with Crippen LogP contribution in [0, 0.1) is 12.3 Å². The summed E-state index contributed by atoms with van der Waals surface area (Å²) in [5.74, 6) is 2.62. The Morgan fingerprint density at radius 2 is 2.17 bits per heavy atom. The SMILES string of the molecule is C#CCN(C)CCCNC(C)C. The summed E-state index contributed by atoms with van der Waals surface area (Å²) in [6.45, 7) is 7.22. The maximum absolute atomic E-state index is 5.17. The van der Waals surface area contributed by atoms with Gasteiger partial charge in [-0.25, -0.2) is 0 Å². The minimum Gasteiger partial charge on any atom is -0.314 e. The smallest absolute Gasteiger partial charge is 0.0596 e. The van der Waals surface area contributed by atoms with Gasteiger partial charge in [-0.1, -0.05) is 19.8 Å². The Balaban J connectivity index is 3.15. The number of hydrogen-bond donors (Lipinski definition) is 1. The van der Waals surface area contributed by atoms with Gasteiger partial charge in [0.05, 0.1) is 6.54 Å². The van der Waals surface area contributed by atoms with E-state index in [2.05, 4.69) is 37.0 Å². The molecule has 0 saturated heterocycles. The van der Waals surface area contributed by atoms with Crippen LogP contribution in [0.1, 0.15) is 20.3 Å². The van der Waals surface area contributed by atoms with E-state index in [1.165, 1.54) is 0 Å². The third-order valence-corrected chi connectivity index (χ3v) is 1.63. The molecule has 2 nitrogen and oxygen atoms in total. The van der Waals surface area contributed by atoms with Gasteiger partial charge in [0.25, 0.3) is 0 Å². The lowest BCUT2D eigenvalue weighted by molar-refractivity contribution is 0.362. The second kappa shape index (κ2) is 7.15. The molecule has 0 heterocycles. The van der Waals surface area contributed by atoms with Crippen molar-refractivity contribution in [3.63, 3.8) is 0 Å². The summed E-state index contributed by atoms with van der Waals surface area (Å²) in [5, 5.41) is 3.36. The zero-order chi connectivity index (χ0) is 9.40. The molecule has 0 aromatic heterocycles. The van der Waals surface area contributed by atoms with Gasteiger partial charge in [0, 0.05) is 6.04 Å². The third kappa shape index (κ3) is 7.59. The molecule has 0 spiro atoms. The first kappa shape index (κ1) is 11.5. The van der Waals surface area contributed by atoms with Crippen LogP contribution in [0.25, 0.3) is 0 Å². The summed E-state index contributed by atoms with van der Waals surface area (Å²) < 4.78 is 0. The second-order valence-corrected chi connectivity index (χ2v) is 3.40. The van der Waals surface area contributed by atoms with E-state index >= 15 is 0 Å². The minimum absolute atomic E-state index is 0.586. The molecule has 12 heavy (non-hydrogen) atoms. The van der Waals surface area contributed by atoms with E-state index in [4.69, 9.17) is 6.42 Å². The zero-order valence-corrected chi connectivity index (χ0v) is 8.43. The Bertz CT molecular complexity index is 135. The molecule has 1 N–H and O–H groups in total. The van der Waals surface area contributed by atoms with Crippen molar-refractivity contribution >= 4 is 0 Å². The van der Waals surface area contributed by atoms with Gasteiger partial charge in [0.15, 0.2) is 0 Å². The molecule has 0 saturated carbocycles. The molecule has 0 bridgehead atoms. The average molecular weight is 168 g/mol. The normalized spacial score (nSPS) is 10.7. The molecule has 70 valence electrons. The van der Waals surface area contributed by atoms with Crippen LogP contribution in [0.15, 0.2) is 0 Å². The molecule has 0 atom stereocenters. The van der Waals surface area contributed by atoms with Crippen LogP contribution in [0.3, 0.4) is 0 Å². The van der Waals surface area contributed by atoms with Gasteiger partial charge in [-0.2, -0.15) is 0 Å². The number of rotatable bonds is 6. The molecule has 0 radical (unpaired) electrons. The highest BCUT2D eigenvalue weighted by Crippen LogP contribution is 1.85. The molecule has 0 aliphatic carbocycles. The topological polar surface area (TPSA) is 15.3 Å². The van der Waals surface area contributed by atoms with Crippen LogP contribution in [0.5, 0.6) is 0 Å². The molecule has 0 aromatic carbocycles. The van der Waals surface area contributed by atoms with Gasteiger partial charge in [0.2, 0.25) is 0 Å². The summed E-state index contributed by atoms with van der Waals surface area (Å²) in [4.78, 5) is 2.15. The van der Waals surface area contributed by atoms with Crippen molar-refractivity contribution in [3.8, 4) is 12.3 Å². The highest BCUT2D eigenvalue weighted by Gasteiger charge is 1.95. The van der Waals surface area contributed by atoms with E-state index < -0.39 is 0 Å². The van der Waals surface area contributed by atoms with E-state index in [1.807, 2.05) is 0 Å². The number of nitrogens with zero attached hydrogens (tertiary/aromatic N) is 1. The standard InChI is InChI=1S/C10H20N2/c1-5-8-12(4)9-6-7-11-10(2)3/h1,10-11H,6-9H2,2-4H3. The Hall–Kier alpha value is -0.520. The van der Waals surface area contributed by atoms with Crippen molar-refractivity contribution in [2.75, 3.05) is 26.7 Å². The first-order valence-corrected chi connectivity index (χ1v) is 4.52. The van der Waals surface area contributed by atoms with Gasteiger partial charge in [0.1, 0.15) is 0 Å². The van der Waals surface area contributed by atoms with Crippen LogP contribution in [-0.4, -0.2) is 37.6 Å². The molecular weight excluding hydrogens is 148 g/mol. The van der Waals surface area contributed by atoms with E-state index in [9.17, 15) is 0 Å². The minimum atomic E-state index is 0.586. The number of terminal acetylenes is 1. The lowest BCUT2D eigenvalue weighted by Gasteiger charge is -2.13. The van der Waals surface area contributed by atoms with Crippen molar-refractivity contribution in [2.45, 2.75) is 26.3 Å². The van der Waals surface area contributed by atoms with Gasteiger partial charge >= 0.3 is 0 Å². The van der Waals surface area contributed by atoms with Crippen molar-refractivity contribution < 1.29 is 0 Å². The molecule has 0 aliphatic rings. The summed E-state index contributed by atoms with van der Waals surface area (Å²) in [6.07, 6.45) is 6.34. The lowest BCUT2D eigenvalue weighted by Crippen LogP contribution is -2.28. The highest BCUT2D eigenvalue weighted by molar-refractivity contribution is 4.87. The monoisotopic (exact) mass is 168 g/mol. The zero-order valence-electron chi connectivity index (χ0n) is 8.43. The summed E-state index contributed by atoms with van der Waals surface area (Å²) in [5.41, 5.74) is 0. The third-order valence-electron chi connectivity index (χ3n) is 1.63. The molecule has 0 unspecified atom stereocenters. The summed E-state index contributed by atoms with van der Waals surface area (Å²) in [6, 6.07) is 0.586. The van der Waals surface area contributed by atoms with E-state index in [-0.39, 0.29) is 0 Å². The predicted octanol–water partition coefficient (Wildman–Crippen LogP) is 0.940. The number of hydrogen-bond acceptors (Lipinski definition) is 2. The average Bonchev–Trinajstić information content (AvgIpc) is 1.98. The van der Waals surface area contributed by atoms with E-state index in [0.29, 0.717) is 6.04 Å². The fourth-order valence-electron chi connectivity index (χ4n) is 0.975. The molecule has 0 rings (SSSR count). The molecule has 0 fully saturated rings. The Morgan fingerprint density at radius 3 is 2.67 bits per heavy atom. The Kier molecular flexibility index (Phi) is 6.84. The molecule has 2 heteroatoms. The Labute approximate surface area is 76.3 Å². The lowest BCUT2D eigenvalue weighted by atomic mass is 10.3. The highest BCUT2D eigenvalue weighted by atomic mass is 15.1. The second-order valence-electron chi connectivity index (χ2n) is 3.40. The predicted molar refractivity (Wildman–Crippen MR) is 54.1 cm³/mol. The molecule has 0 aromatic rings. The first-order chi connectivity index (χ1) is 5.66. The van der Waals surface area contributed by atoms with E-state index in [0.717, 1.165) is 26.1 Å². The van der Waals surface area contributed by atoms with Crippen LogP contribution < -0.4 is 5.32 Å². The van der Waals surface area contributed by atoms with Gasteiger partial charge in [-0.15, -0.1) is 6.42 Å². The van der Waals surface area contributed by atoms with E-state index in [1.54, 1.807) is 0 Å². The molecule has 0 amide bonds. The fourth-order valence-corrected chi connectivity index (χ4v) is 0.975. The fraction of sp³-hybridized carbons (Fsp3) is 0.800. The largest absolute Gasteiger partial charge is 0.314 e. The van der Waals surface area contributed by atoms with Crippen LogP contribution in [0.4, 0.5) is 0 Å². The van der Waals surface area contributed by atoms with Gasteiger partial charge < -0.3 is 5.32 Å². The summed E-state index contributed by atoms with van der Waals surface area (Å²) in [7, 11) is 2.05. The van der Waals surface area contributed by atoms with Crippen molar-refractivity contribution in [2.24, 2.45) is 0 Å². The van der Waals surface area contributed by atoms with Gasteiger partial charge in [-0.05, 0) is 26.6 Å². The quantitative estimate of drug-likeness (QED) is 0.469. The first-order valence-electron chi connectivity index (χ1n) is 4.52. The number of nitrogens with one attached hydrogen (secondary N) is 1. The van der Waals surface area contributed by atoms with Crippen LogP contribution in [-0.2, 0) is 0 Å². The molecular formula is C10H20N2. The Morgan fingerprint density at radius 1 is 1.50 bits per heavy atom. The van der Waals surface area contributed by atoms with Crippen molar-refractivity contribution in [1.29, 1.82) is 0 Å². The van der Waals surface area contributed by atoms with Crippen LogP contribution >= 0.6 is 0 Å². The maximum atomic E-state index is 5.17. The van der Waals surface area contributed by atoms with Crippen molar-refractivity contribution in [1.82, 2.24) is 10.2 Å². The maximum Gasteiger partial charge on any atom is 0.0596 e. The van der Waals surface area contributed by atoms with Crippen LogP contribution in [0.2, 0.25) is 0 Å². The van der Waals surface area contributed by atoms with Crippen molar-refractivity contribution in [3.05, 3.63) is 0 Å².